The van der Waals surface area contributed by atoms with Crippen LogP contribution < -0.4 is 0 Å². The average molecular weight is 254 g/mol. The van der Waals surface area contributed by atoms with Crippen molar-refractivity contribution in [3.63, 3.8) is 0 Å². The van der Waals surface area contributed by atoms with Gasteiger partial charge in [-0.2, -0.15) is 0 Å². The van der Waals surface area contributed by atoms with Crippen LogP contribution in [0.3, 0.4) is 0 Å². The molecule has 0 N–H and O–H groups in total. The Hall–Kier alpha value is -1.56. The van der Waals surface area contributed by atoms with Crippen LogP contribution in [-0.4, -0.2) is 20.9 Å². The number of fused-ring (bicyclic) bond motifs is 1. The van der Waals surface area contributed by atoms with E-state index in [-0.39, 0.29) is 5.82 Å². The average Bonchev–Trinajstić information content (AvgIpc) is 2.27. The van der Waals surface area contributed by atoms with E-state index < -0.39 is 5.97 Å². The van der Waals surface area contributed by atoms with Gasteiger partial charge < -0.3 is 3.83 Å². The van der Waals surface area contributed by atoms with Gasteiger partial charge in [-0.1, -0.05) is 0 Å². The monoisotopic (exact) mass is 253 g/mol. The molecule has 70 valence electrons. The van der Waals surface area contributed by atoms with Crippen LogP contribution in [0.4, 0.5) is 0 Å². The third kappa shape index (κ3) is 1.56. The number of pyridine rings is 1. The summed E-state index contributed by atoms with van der Waals surface area (Å²) in [5, 5.41) is 0. The first-order chi connectivity index (χ1) is 6.81. The Labute approximate surface area is 87.6 Å². The first-order valence-electron chi connectivity index (χ1n) is 3.72. The molecule has 2 rings (SSSR count). The fourth-order valence-electron chi connectivity index (χ4n) is 1.00. The lowest BCUT2D eigenvalue weighted by atomic mass is 10.3. The molecule has 0 bridgehead atoms. The van der Waals surface area contributed by atoms with E-state index in [1.54, 1.807) is 18.3 Å². The molecule has 0 saturated carbocycles. The van der Waals surface area contributed by atoms with E-state index in [1.807, 2.05) is 0 Å². The third-order valence-corrected chi connectivity index (χ3v) is 1.90. The van der Waals surface area contributed by atoms with Crippen LogP contribution in [0.15, 0.2) is 24.5 Å². The number of aromatic nitrogens is 3. The minimum atomic E-state index is -0.629. The number of carbonyl (C=O) groups excluding carboxylic acids is 1. The summed E-state index contributed by atoms with van der Waals surface area (Å²) in [5.74, 6) is -0.627. The molecule has 0 fully saturated rings. The molecule has 5 nitrogen and oxygen atoms in total. The molecule has 2 aromatic heterocycles. The quantitative estimate of drug-likeness (QED) is 0.771. The topological polar surface area (TPSA) is 65.0 Å². The van der Waals surface area contributed by atoms with Crippen molar-refractivity contribution in [1.29, 1.82) is 0 Å². The van der Waals surface area contributed by atoms with Crippen LogP contribution >= 0.6 is 16.3 Å². The minimum absolute atomic E-state index is 0.00220. The summed E-state index contributed by atoms with van der Waals surface area (Å²) in [6.45, 7) is 0. The fraction of sp³-hybridized carbons (Fsp3) is 0. The Morgan fingerprint density at radius 1 is 1.36 bits per heavy atom. The first kappa shape index (κ1) is 9.01. The normalized spacial score (nSPS) is 10.1. The lowest BCUT2D eigenvalue weighted by Crippen LogP contribution is -2.04. The molecule has 0 aliphatic rings. The zero-order chi connectivity index (χ0) is 9.97. The highest BCUT2D eigenvalue weighted by molar-refractivity contribution is 9.06. The highest BCUT2D eigenvalue weighted by atomic mass is 79.9. The van der Waals surface area contributed by atoms with Crippen molar-refractivity contribution < 1.29 is 8.62 Å². The van der Waals surface area contributed by atoms with Crippen molar-refractivity contribution in [1.82, 2.24) is 15.0 Å². The maximum atomic E-state index is 11.0. The van der Waals surface area contributed by atoms with E-state index in [0.717, 1.165) is 0 Å². The van der Waals surface area contributed by atoms with Crippen LogP contribution in [0.2, 0.25) is 0 Å². The Morgan fingerprint density at radius 3 is 3.00 bits per heavy atom. The van der Waals surface area contributed by atoms with Crippen molar-refractivity contribution in [2.75, 3.05) is 0 Å². The summed E-state index contributed by atoms with van der Waals surface area (Å²) in [6.07, 6.45) is 3.11. The lowest BCUT2D eigenvalue weighted by molar-refractivity contribution is 0.0770. The van der Waals surface area contributed by atoms with E-state index in [4.69, 9.17) is 0 Å². The first-order valence-corrected chi connectivity index (χ1v) is 4.36. The number of hydrogen-bond acceptors (Lipinski definition) is 5. The SMILES string of the molecule is O=C(OBr)c1ncc2ncccc2n1. The van der Waals surface area contributed by atoms with Gasteiger partial charge in [-0.3, -0.25) is 4.98 Å². The highest BCUT2D eigenvalue weighted by Crippen LogP contribution is 2.07. The number of carbonyl (C=O) groups is 1. The van der Waals surface area contributed by atoms with Gasteiger partial charge in [-0.15, -0.1) is 0 Å². The molecule has 0 atom stereocenters. The number of hydrogen-bond donors (Lipinski definition) is 0. The molecular formula is C8H4BrN3O2. The van der Waals surface area contributed by atoms with Gasteiger partial charge in [0.05, 0.1) is 11.7 Å². The highest BCUT2D eigenvalue weighted by Gasteiger charge is 2.10. The van der Waals surface area contributed by atoms with E-state index in [2.05, 4.69) is 35.0 Å². The van der Waals surface area contributed by atoms with Crippen LogP contribution in [0.5, 0.6) is 0 Å². The number of rotatable bonds is 1. The predicted molar refractivity (Wildman–Crippen MR) is 51.7 cm³/mol. The Bertz CT molecular complexity index is 489. The van der Waals surface area contributed by atoms with Gasteiger partial charge in [0.25, 0.3) is 0 Å². The summed E-state index contributed by atoms with van der Waals surface area (Å²) in [5.41, 5.74) is 1.24. The van der Waals surface area contributed by atoms with Gasteiger partial charge in [-0.25, -0.2) is 14.8 Å². The van der Waals surface area contributed by atoms with Gasteiger partial charge >= 0.3 is 5.97 Å². The van der Waals surface area contributed by atoms with Crippen molar-refractivity contribution >= 4 is 33.3 Å². The molecule has 0 amide bonds. The van der Waals surface area contributed by atoms with Gasteiger partial charge in [-0.05, 0) is 12.1 Å². The summed E-state index contributed by atoms with van der Waals surface area (Å²) in [6, 6.07) is 3.48. The molecule has 0 saturated heterocycles. The van der Waals surface area contributed by atoms with Gasteiger partial charge in [0.15, 0.2) is 16.3 Å². The van der Waals surface area contributed by atoms with E-state index in [1.165, 1.54) is 6.20 Å². The van der Waals surface area contributed by atoms with E-state index >= 15 is 0 Å². The summed E-state index contributed by atoms with van der Waals surface area (Å²) >= 11 is 2.57. The number of nitrogens with zero attached hydrogens (tertiary/aromatic N) is 3. The van der Waals surface area contributed by atoms with Crippen LogP contribution in [0.1, 0.15) is 10.6 Å². The smallest absolute Gasteiger partial charge is 0.378 e. The molecule has 0 aromatic carbocycles. The Kier molecular flexibility index (Phi) is 2.36. The summed E-state index contributed by atoms with van der Waals surface area (Å²) < 4.78 is 4.31. The van der Waals surface area contributed by atoms with Crippen LogP contribution in [0.25, 0.3) is 11.0 Å². The second kappa shape index (κ2) is 3.67. The van der Waals surface area contributed by atoms with Crippen molar-refractivity contribution in [2.24, 2.45) is 0 Å². The van der Waals surface area contributed by atoms with Crippen LogP contribution in [0, 0.1) is 0 Å². The second-order valence-corrected chi connectivity index (χ2v) is 2.79. The zero-order valence-electron chi connectivity index (χ0n) is 6.85. The van der Waals surface area contributed by atoms with Gasteiger partial charge in [0.2, 0.25) is 5.82 Å². The fourth-order valence-corrected chi connectivity index (χ4v) is 1.15. The van der Waals surface area contributed by atoms with Crippen molar-refractivity contribution in [3.05, 3.63) is 30.4 Å². The second-order valence-electron chi connectivity index (χ2n) is 2.47. The van der Waals surface area contributed by atoms with Crippen molar-refractivity contribution in [3.8, 4) is 0 Å². The minimum Gasteiger partial charge on any atom is -0.378 e. The molecular weight excluding hydrogens is 250 g/mol. The summed E-state index contributed by atoms with van der Waals surface area (Å²) in [7, 11) is 0. The molecule has 2 heterocycles. The largest absolute Gasteiger partial charge is 0.387 e. The predicted octanol–water partition coefficient (Wildman–Crippen LogP) is 1.49. The maximum absolute atomic E-state index is 11.0. The Balaban J connectivity index is 2.56. The zero-order valence-corrected chi connectivity index (χ0v) is 8.43. The summed E-state index contributed by atoms with van der Waals surface area (Å²) in [4.78, 5) is 22.8. The van der Waals surface area contributed by atoms with Crippen LogP contribution in [-0.2, 0) is 3.83 Å². The maximum Gasteiger partial charge on any atom is 0.387 e. The molecule has 0 aliphatic carbocycles. The standard InChI is InChI=1S/C8H4BrN3O2/c9-14-8(13)7-11-4-6-5(12-7)2-1-3-10-6/h1-4H. The van der Waals surface area contributed by atoms with E-state index in [9.17, 15) is 4.79 Å². The molecule has 6 heteroatoms. The molecule has 14 heavy (non-hydrogen) atoms. The van der Waals surface area contributed by atoms with E-state index in [0.29, 0.717) is 11.0 Å². The van der Waals surface area contributed by atoms with Gasteiger partial charge in [0, 0.05) is 6.20 Å². The lowest BCUT2D eigenvalue weighted by Gasteiger charge is -1.97. The molecule has 2 aromatic rings. The Morgan fingerprint density at radius 2 is 2.21 bits per heavy atom. The number of halogens is 1. The molecule has 0 radical (unpaired) electrons. The van der Waals surface area contributed by atoms with Gasteiger partial charge in [0.1, 0.15) is 5.52 Å². The molecule has 0 unspecified atom stereocenters. The molecule has 0 aliphatic heterocycles. The van der Waals surface area contributed by atoms with Crippen molar-refractivity contribution in [2.45, 2.75) is 0 Å². The third-order valence-electron chi connectivity index (χ3n) is 1.60. The molecule has 0 spiro atoms.